The molecule has 1 aliphatic heterocycles. The van der Waals surface area contributed by atoms with Crippen LogP contribution >= 0.6 is 0 Å². The molecule has 0 aliphatic carbocycles. The van der Waals surface area contributed by atoms with Crippen LogP contribution < -0.4 is 16.4 Å². The molecule has 20 heavy (non-hydrogen) atoms. The van der Waals surface area contributed by atoms with Crippen LogP contribution in [0.25, 0.3) is 0 Å². The molecule has 0 fully saturated rings. The number of hydrogen-bond donors (Lipinski definition) is 3. The zero-order valence-electron chi connectivity index (χ0n) is 11.2. The number of nitrogens with two attached hydrogens (primary N) is 1. The van der Waals surface area contributed by atoms with Crippen molar-refractivity contribution in [1.82, 2.24) is 4.98 Å². The van der Waals surface area contributed by atoms with E-state index in [0.29, 0.717) is 12.1 Å². The Hall–Kier alpha value is -2.56. The first-order valence-electron chi connectivity index (χ1n) is 6.53. The predicted octanol–water partition coefficient (Wildman–Crippen LogP) is 2.33. The number of pyridine rings is 1. The summed E-state index contributed by atoms with van der Waals surface area (Å²) >= 11 is 0. The fourth-order valence-electron chi connectivity index (χ4n) is 2.36. The average molecular weight is 268 g/mol. The molecule has 0 radical (unpaired) electrons. The van der Waals surface area contributed by atoms with Gasteiger partial charge >= 0.3 is 0 Å². The summed E-state index contributed by atoms with van der Waals surface area (Å²) in [6.07, 6.45) is 2.16. The van der Waals surface area contributed by atoms with E-state index in [1.165, 1.54) is 0 Å². The summed E-state index contributed by atoms with van der Waals surface area (Å²) in [7, 11) is 0. The average Bonchev–Trinajstić information content (AvgIpc) is 2.79. The quantitative estimate of drug-likeness (QED) is 0.746. The van der Waals surface area contributed by atoms with Crippen molar-refractivity contribution in [3.05, 3.63) is 47.8 Å². The Labute approximate surface area is 117 Å². The first-order chi connectivity index (χ1) is 9.63. The summed E-state index contributed by atoms with van der Waals surface area (Å²) in [6.45, 7) is 2.02. The van der Waals surface area contributed by atoms with Gasteiger partial charge in [0.25, 0.3) is 0 Å². The minimum Gasteiger partial charge on any atom is -0.397 e. The largest absolute Gasteiger partial charge is 0.397 e. The van der Waals surface area contributed by atoms with Gasteiger partial charge in [-0.3, -0.25) is 9.78 Å². The third-order valence-corrected chi connectivity index (χ3v) is 3.40. The third kappa shape index (κ3) is 2.30. The Bertz CT molecular complexity index is 654. The SMILES string of the molecule is CC(Nc1cc2c(cc1N)CC(=O)N2)c1ccccn1. The highest BCUT2D eigenvalue weighted by atomic mass is 16.1. The number of nitrogens with one attached hydrogen (secondary N) is 2. The van der Waals surface area contributed by atoms with Crippen molar-refractivity contribution in [3.63, 3.8) is 0 Å². The Morgan fingerprint density at radius 2 is 2.25 bits per heavy atom. The van der Waals surface area contributed by atoms with Crippen molar-refractivity contribution in [1.29, 1.82) is 0 Å². The number of carbonyl (C=O) groups is 1. The van der Waals surface area contributed by atoms with Gasteiger partial charge in [-0.25, -0.2) is 0 Å². The molecular formula is C15H16N4O. The zero-order chi connectivity index (χ0) is 14.1. The van der Waals surface area contributed by atoms with E-state index in [1.54, 1.807) is 6.20 Å². The first-order valence-corrected chi connectivity index (χ1v) is 6.53. The molecule has 5 nitrogen and oxygen atoms in total. The van der Waals surface area contributed by atoms with Crippen LogP contribution in [0.3, 0.4) is 0 Å². The van der Waals surface area contributed by atoms with E-state index in [-0.39, 0.29) is 11.9 Å². The molecule has 0 saturated carbocycles. The molecule has 1 aromatic heterocycles. The van der Waals surface area contributed by atoms with E-state index in [4.69, 9.17) is 5.73 Å². The maximum Gasteiger partial charge on any atom is 0.228 e. The lowest BCUT2D eigenvalue weighted by Crippen LogP contribution is -2.10. The van der Waals surface area contributed by atoms with Crippen molar-refractivity contribution in [3.8, 4) is 0 Å². The molecule has 1 aromatic carbocycles. The minimum atomic E-state index is 0.00863. The Morgan fingerprint density at radius 3 is 3.00 bits per heavy atom. The number of anilines is 3. The maximum absolute atomic E-state index is 11.4. The summed E-state index contributed by atoms with van der Waals surface area (Å²) in [6, 6.07) is 9.56. The Morgan fingerprint density at radius 1 is 1.40 bits per heavy atom. The summed E-state index contributed by atoms with van der Waals surface area (Å²) < 4.78 is 0. The minimum absolute atomic E-state index is 0.00863. The highest BCUT2D eigenvalue weighted by Crippen LogP contribution is 2.33. The molecule has 2 aromatic rings. The van der Waals surface area contributed by atoms with Gasteiger partial charge in [0.15, 0.2) is 0 Å². The van der Waals surface area contributed by atoms with Crippen molar-refractivity contribution >= 4 is 23.0 Å². The summed E-state index contributed by atoms with van der Waals surface area (Å²) in [5, 5.41) is 6.16. The van der Waals surface area contributed by atoms with E-state index in [0.717, 1.165) is 22.6 Å². The molecule has 5 heteroatoms. The highest BCUT2D eigenvalue weighted by molar-refractivity contribution is 6.00. The smallest absolute Gasteiger partial charge is 0.228 e. The van der Waals surface area contributed by atoms with E-state index >= 15 is 0 Å². The van der Waals surface area contributed by atoms with Crippen LogP contribution in [0.15, 0.2) is 36.5 Å². The van der Waals surface area contributed by atoms with Crippen LogP contribution in [0.1, 0.15) is 24.2 Å². The topological polar surface area (TPSA) is 80.0 Å². The molecule has 1 unspecified atom stereocenters. The molecule has 2 heterocycles. The van der Waals surface area contributed by atoms with Gasteiger partial charge in [-0.1, -0.05) is 6.07 Å². The van der Waals surface area contributed by atoms with E-state index in [2.05, 4.69) is 15.6 Å². The molecule has 0 bridgehead atoms. The number of fused-ring (bicyclic) bond motifs is 1. The second-order valence-corrected chi connectivity index (χ2v) is 4.94. The van der Waals surface area contributed by atoms with Gasteiger partial charge in [0.2, 0.25) is 5.91 Å². The van der Waals surface area contributed by atoms with E-state index in [1.807, 2.05) is 37.3 Å². The fraction of sp³-hybridized carbons (Fsp3) is 0.200. The Kier molecular flexibility index (Phi) is 3.02. The van der Waals surface area contributed by atoms with Gasteiger partial charge in [-0.15, -0.1) is 0 Å². The van der Waals surface area contributed by atoms with Crippen LogP contribution in [-0.2, 0) is 11.2 Å². The van der Waals surface area contributed by atoms with Crippen molar-refractivity contribution in [2.24, 2.45) is 0 Å². The second-order valence-electron chi connectivity index (χ2n) is 4.94. The van der Waals surface area contributed by atoms with Crippen LogP contribution in [-0.4, -0.2) is 10.9 Å². The Balaban J connectivity index is 1.85. The number of benzene rings is 1. The molecule has 102 valence electrons. The van der Waals surface area contributed by atoms with Gasteiger partial charge in [0, 0.05) is 11.9 Å². The monoisotopic (exact) mass is 268 g/mol. The fourth-order valence-corrected chi connectivity index (χ4v) is 2.36. The normalized spacial score (nSPS) is 14.6. The summed E-state index contributed by atoms with van der Waals surface area (Å²) in [4.78, 5) is 15.7. The number of amides is 1. The third-order valence-electron chi connectivity index (χ3n) is 3.40. The number of nitrogens with zero attached hydrogens (tertiary/aromatic N) is 1. The molecule has 3 rings (SSSR count). The van der Waals surface area contributed by atoms with E-state index < -0.39 is 0 Å². The van der Waals surface area contributed by atoms with Crippen LogP contribution in [0.4, 0.5) is 17.1 Å². The maximum atomic E-state index is 11.4. The first kappa shape index (κ1) is 12.5. The lowest BCUT2D eigenvalue weighted by molar-refractivity contribution is -0.115. The summed E-state index contributed by atoms with van der Waals surface area (Å²) in [5.74, 6) is 0.00863. The molecule has 1 amide bonds. The number of rotatable bonds is 3. The molecule has 0 spiro atoms. The van der Waals surface area contributed by atoms with Crippen LogP contribution in [0.5, 0.6) is 0 Å². The molecule has 1 atom stereocenters. The van der Waals surface area contributed by atoms with Gasteiger partial charge in [0.05, 0.1) is 29.5 Å². The van der Waals surface area contributed by atoms with Crippen molar-refractivity contribution < 1.29 is 4.79 Å². The van der Waals surface area contributed by atoms with Crippen LogP contribution in [0.2, 0.25) is 0 Å². The lowest BCUT2D eigenvalue weighted by atomic mass is 10.1. The number of nitrogen functional groups attached to an aromatic ring is 1. The zero-order valence-corrected chi connectivity index (χ0v) is 11.2. The number of carbonyl (C=O) groups excluding carboxylic acids is 1. The van der Waals surface area contributed by atoms with E-state index in [9.17, 15) is 4.79 Å². The van der Waals surface area contributed by atoms with Gasteiger partial charge in [0.1, 0.15) is 0 Å². The molecule has 0 saturated heterocycles. The standard InChI is InChI=1S/C15H16N4O/c1-9(12-4-2-3-5-17-12)18-14-8-13-10(6-11(14)16)7-15(20)19-13/h2-6,8-9,18H,7,16H2,1H3,(H,19,20). The van der Waals surface area contributed by atoms with Gasteiger partial charge in [-0.05, 0) is 36.8 Å². The van der Waals surface area contributed by atoms with Gasteiger partial charge < -0.3 is 16.4 Å². The highest BCUT2D eigenvalue weighted by Gasteiger charge is 2.20. The molecular weight excluding hydrogens is 252 g/mol. The lowest BCUT2D eigenvalue weighted by Gasteiger charge is -2.17. The molecule has 1 aliphatic rings. The van der Waals surface area contributed by atoms with Gasteiger partial charge in [-0.2, -0.15) is 0 Å². The number of hydrogen-bond acceptors (Lipinski definition) is 4. The molecule has 4 N–H and O–H groups in total. The van der Waals surface area contributed by atoms with Crippen LogP contribution in [0, 0.1) is 0 Å². The predicted molar refractivity (Wildman–Crippen MR) is 79.5 cm³/mol. The van der Waals surface area contributed by atoms with Crippen molar-refractivity contribution in [2.75, 3.05) is 16.4 Å². The second kappa shape index (κ2) is 4.85. The van der Waals surface area contributed by atoms with Crippen molar-refractivity contribution in [2.45, 2.75) is 19.4 Å². The number of aromatic nitrogens is 1. The summed E-state index contributed by atoms with van der Waals surface area (Å²) in [5.41, 5.74) is 10.2.